The number of primary amides is 1. The van der Waals surface area contributed by atoms with E-state index >= 15 is 0 Å². The minimum Gasteiger partial charge on any atom is -0.366 e. The Bertz CT molecular complexity index is 900. The summed E-state index contributed by atoms with van der Waals surface area (Å²) in [6.45, 7) is 1.83. The zero-order valence-electron chi connectivity index (χ0n) is 12.9. The molecule has 1 heterocycles. The van der Waals surface area contributed by atoms with Crippen LogP contribution in [0.4, 0.5) is 4.39 Å². The van der Waals surface area contributed by atoms with Gasteiger partial charge in [-0.1, -0.05) is 17.7 Å². The Morgan fingerprint density at radius 3 is 2.71 bits per heavy atom. The van der Waals surface area contributed by atoms with Crippen LogP contribution in [0.3, 0.4) is 0 Å². The number of hydrogen-bond acceptors (Lipinski definition) is 2. The molecule has 2 aromatic carbocycles. The van der Waals surface area contributed by atoms with Gasteiger partial charge in [0.15, 0.2) is 0 Å². The number of aromatic nitrogens is 2. The first-order chi connectivity index (χ1) is 11.4. The Morgan fingerprint density at radius 2 is 2.04 bits per heavy atom. The molecule has 0 aliphatic carbocycles. The van der Waals surface area contributed by atoms with Crippen molar-refractivity contribution in [3.63, 3.8) is 0 Å². The number of rotatable bonds is 4. The lowest BCUT2D eigenvalue weighted by molar-refractivity contribution is 0.0999. The fourth-order valence-electron chi connectivity index (χ4n) is 2.63. The number of aromatic amines is 1. The molecule has 3 N–H and O–H groups in total. The quantitative estimate of drug-likeness (QED) is 0.754. The molecule has 1 amide bonds. The van der Waals surface area contributed by atoms with Crippen LogP contribution < -0.4 is 5.73 Å². The van der Waals surface area contributed by atoms with Crippen LogP contribution in [0.2, 0.25) is 5.02 Å². The van der Waals surface area contributed by atoms with Crippen LogP contribution in [0.25, 0.3) is 11.3 Å². The van der Waals surface area contributed by atoms with E-state index in [9.17, 15) is 9.18 Å². The Labute approximate surface area is 143 Å². The average molecular weight is 344 g/mol. The minimum absolute atomic E-state index is 0.363. The molecule has 3 aromatic rings. The van der Waals surface area contributed by atoms with Crippen molar-refractivity contribution in [3.8, 4) is 11.3 Å². The second kappa shape index (κ2) is 6.45. The Kier molecular flexibility index (Phi) is 4.36. The summed E-state index contributed by atoms with van der Waals surface area (Å²) in [5.74, 6) is -0.820. The van der Waals surface area contributed by atoms with Crippen LogP contribution in [-0.2, 0) is 6.42 Å². The molecule has 1 aromatic heterocycles. The van der Waals surface area contributed by atoms with Crippen molar-refractivity contribution in [2.45, 2.75) is 13.3 Å². The maximum absolute atomic E-state index is 13.4. The summed E-state index contributed by atoms with van der Waals surface area (Å²) < 4.78 is 13.4. The van der Waals surface area contributed by atoms with Gasteiger partial charge in [-0.25, -0.2) is 4.39 Å². The standard InChI is InChI=1S/C18H15ClFN3O/c1-10-4-12(2-3-16(10)18(21)24)17-9-15(22-23-17)7-11-5-13(19)8-14(20)6-11/h2-6,8-9H,7H2,1H3,(H2,21,24)(H,22,23). The van der Waals surface area contributed by atoms with E-state index in [4.69, 9.17) is 17.3 Å². The SMILES string of the molecule is Cc1cc(-c2cc(Cc3cc(F)cc(Cl)c3)[nH]n2)ccc1C(N)=O. The Morgan fingerprint density at radius 1 is 1.25 bits per heavy atom. The number of nitrogens with two attached hydrogens (primary N) is 1. The third-order valence-corrected chi connectivity index (χ3v) is 3.95. The third kappa shape index (κ3) is 3.46. The molecule has 0 aliphatic heterocycles. The summed E-state index contributed by atoms with van der Waals surface area (Å²) in [5, 5.41) is 7.58. The molecule has 0 atom stereocenters. The van der Waals surface area contributed by atoms with E-state index in [1.54, 1.807) is 18.2 Å². The second-order valence-electron chi connectivity index (χ2n) is 5.63. The van der Waals surface area contributed by atoms with Gasteiger partial charge in [-0.15, -0.1) is 0 Å². The summed E-state index contributed by atoms with van der Waals surface area (Å²) in [5.41, 5.74) is 9.81. The van der Waals surface area contributed by atoms with Crippen LogP contribution in [-0.4, -0.2) is 16.1 Å². The van der Waals surface area contributed by atoms with Gasteiger partial charge in [0, 0.05) is 28.3 Å². The molecular weight excluding hydrogens is 329 g/mol. The molecule has 0 saturated carbocycles. The molecule has 6 heteroatoms. The Hall–Kier alpha value is -2.66. The van der Waals surface area contributed by atoms with Crippen LogP contribution in [0.5, 0.6) is 0 Å². The fourth-order valence-corrected chi connectivity index (χ4v) is 2.88. The van der Waals surface area contributed by atoms with E-state index in [2.05, 4.69) is 10.2 Å². The Balaban J connectivity index is 1.85. The zero-order chi connectivity index (χ0) is 17.3. The predicted molar refractivity (Wildman–Crippen MR) is 91.5 cm³/mol. The van der Waals surface area contributed by atoms with Crippen molar-refractivity contribution >= 4 is 17.5 Å². The molecule has 0 radical (unpaired) electrons. The lowest BCUT2D eigenvalue weighted by Crippen LogP contribution is -2.12. The van der Waals surface area contributed by atoms with E-state index in [1.165, 1.54) is 12.1 Å². The second-order valence-corrected chi connectivity index (χ2v) is 6.06. The lowest BCUT2D eigenvalue weighted by atomic mass is 10.0. The number of carbonyl (C=O) groups is 1. The van der Waals surface area contributed by atoms with Gasteiger partial charge in [0.05, 0.1) is 5.69 Å². The highest BCUT2D eigenvalue weighted by Gasteiger charge is 2.10. The number of benzene rings is 2. The molecule has 122 valence electrons. The van der Waals surface area contributed by atoms with Gasteiger partial charge in [-0.05, 0) is 54.4 Å². The van der Waals surface area contributed by atoms with Crippen molar-refractivity contribution in [1.82, 2.24) is 10.2 Å². The first-order valence-electron chi connectivity index (χ1n) is 7.32. The smallest absolute Gasteiger partial charge is 0.248 e. The molecule has 0 fully saturated rings. The fraction of sp³-hybridized carbons (Fsp3) is 0.111. The molecule has 0 unspecified atom stereocenters. The van der Waals surface area contributed by atoms with Gasteiger partial charge in [0.1, 0.15) is 5.82 Å². The number of aryl methyl sites for hydroxylation is 1. The average Bonchev–Trinajstić information content (AvgIpc) is 2.94. The molecular formula is C18H15ClFN3O. The number of nitrogens with one attached hydrogen (secondary N) is 1. The van der Waals surface area contributed by atoms with E-state index in [0.29, 0.717) is 17.0 Å². The van der Waals surface area contributed by atoms with Crippen molar-refractivity contribution in [2.75, 3.05) is 0 Å². The molecule has 0 spiro atoms. The van der Waals surface area contributed by atoms with Crippen LogP contribution >= 0.6 is 11.6 Å². The van der Waals surface area contributed by atoms with Gasteiger partial charge >= 0.3 is 0 Å². The highest BCUT2D eigenvalue weighted by molar-refractivity contribution is 6.30. The monoisotopic (exact) mass is 343 g/mol. The molecule has 3 rings (SSSR count). The number of amides is 1. The first kappa shape index (κ1) is 16.2. The normalized spacial score (nSPS) is 10.8. The topological polar surface area (TPSA) is 71.8 Å². The van der Waals surface area contributed by atoms with E-state index in [1.807, 2.05) is 19.1 Å². The number of H-pyrrole nitrogens is 1. The van der Waals surface area contributed by atoms with Gasteiger partial charge < -0.3 is 5.73 Å². The number of halogens is 2. The number of nitrogens with zero attached hydrogens (tertiary/aromatic N) is 1. The molecule has 0 saturated heterocycles. The molecule has 24 heavy (non-hydrogen) atoms. The summed E-state index contributed by atoms with van der Waals surface area (Å²) in [6, 6.07) is 11.7. The largest absolute Gasteiger partial charge is 0.366 e. The van der Waals surface area contributed by atoms with Crippen molar-refractivity contribution in [2.24, 2.45) is 5.73 Å². The number of carbonyl (C=O) groups excluding carboxylic acids is 1. The van der Waals surface area contributed by atoms with E-state index in [-0.39, 0.29) is 5.82 Å². The van der Waals surface area contributed by atoms with Crippen LogP contribution in [0.1, 0.15) is 27.2 Å². The first-order valence-corrected chi connectivity index (χ1v) is 7.70. The maximum atomic E-state index is 13.4. The molecule has 0 aliphatic rings. The van der Waals surface area contributed by atoms with Crippen molar-refractivity contribution < 1.29 is 9.18 Å². The third-order valence-electron chi connectivity index (χ3n) is 3.74. The molecule has 0 bridgehead atoms. The van der Waals surface area contributed by atoms with Crippen molar-refractivity contribution in [3.05, 3.63) is 75.7 Å². The predicted octanol–water partition coefficient (Wildman–Crippen LogP) is 3.87. The highest BCUT2D eigenvalue weighted by Crippen LogP contribution is 2.23. The van der Waals surface area contributed by atoms with E-state index < -0.39 is 5.91 Å². The summed E-state index contributed by atoms with van der Waals surface area (Å²) in [6.07, 6.45) is 0.489. The minimum atomic E-state index is -0.454. The maximum Gasteiger partial charge on any atom is 0.248 e. The summed E-state index contributed by atoms with van der Waals surface area (Å²) >= 11 is 5.87. The molecule has 4 nitrogen and oxygen atoms in total. The van der Waals surface area contributed by atoms with Crippen LogP contribution in [0, 0.1) is 12.7 Å². The van der Waals surface area contributed by atoms with Gasteiger partial charge in [0.2, 0.25) is 5.91 Å². The van der Waals surface area contributed by atoms with Crippen LogP contribution in [0.15, 0.2) is 42.5 Å². The lowest BCUT2D eigenvalue weighted by Gasteiger charge is -2.03. The van der Waals surface area contributed by atoms with Crippen molar-refractivity contribution in [1.29, 1.82) is 0 Å². The van der Waals surface area contributed by atoms with E-state index in [0.717, 1.165) is 28.1 Å². The van der Waals surface area contributed by atoms with Gasteiger partial charge in [-0.3, -0.25) is 9.89 Å². The summed E-state index contributed by atoms with van der Waals surface area (Å²) in [4.78, 5) is 11.3. The summed E-state index contributed by atoms with van der Waals surface area (Å²) in [7, 11) is 0. The van der Waals surface area contributed by atoms with Gasteiger partial charge in [-0.2, -0.15) is 5.10 Å². The highest BCUT2D eigenvalue weighted by atomic mass is 35.5. The number of hydrogen-bond donors (Lipinski definition) is 2. The zero-order valence-corrected chi connectivity index (χ0v) is 13.7. The van der Waals surface area contributed by atoms with Gasteiger partial charge in [0.25, 0.3) is 0 Å².